The van der Waals surface area contributed by atoms with Gasteiger partial charge in [-0.1, -0.05) is 12.1 Å². The Morgan fingerprint density at radius 2 is 1.86 bits per heavy atom. The third-order valence-electron chi connectivity index (χ3n) is 2.79. The first-order valence-electron chi connectivity index (χ1n) is 6.07. The minimum Gasteiger partial charge on any atom is -0.508 e. The number of ether oxygens (including phenoxy) is 2. The van der Waals surface area contributed by atoms with Gasteiger partial charge in [0.15, 0.2) is 0 Å². The monoisotopic (exact) mass is 312 g/mol. The highest BCUT2D eigenvalue weighted by atomic mass is 19.4. The molecule has 1 N–H and O–H groups in total. The van der Waals surface area contributed by atoms with Gasteiger partial charge in [-0.15, -0.1) is 13.2 Å². The van der Waals surface area contributed by atoms with Crippen LogP contribution in [0.1, 0.15) is 10.4 Å². The standard InChI is InChI=1S/C15H11F3O4/c1-21-14(20)10-4-2-3-9(7-10)12-6-5-11(19)8-13(12)22-15(16,17)18/h2-8,19H,1H3. The SMILES string of the molecule is COC(=O)c1cccc(-c2ccc(O)cc2OC(F)(F)F)c1. The Bertz CT molecular complexity index is 695. The van der Waals surface area contributed by atoms with E-state index in [2.05, 4.69) is 9.47 Å². The van der Waals surface area contributed by atoms with Gasteiger partial charge in [-0.2, -0.15) is 0 Å². The summed E-state index contributed by atoms with van der Waals surface area (Å²) in [4.78, 5) is 11.5. The van der Waals surface area contributed by atoms with Crippen molar-refractivity contribution in [2.75, 3.05) is 7.11 Å². The fourth-order valence-corrected chi connectivity index (χ4v) is 1.89. The first kappa shape index (κ1) is 15.7. The van der Waals surface area contributed by atoms with Crippen LogP contribution in [-0.2, 0) is 4.74 Å². The summed E-state index contributed by atoms with van der Waals surface area (Å²) in [6, 6.07) is 9.22. The molecule has 2 aromatic carbocycles. The Morgan fingerprint density at radius 1 is 1.14 bits per heavy atom. The fourth-order valence-electron chi connectivity index (χ4n) is 1.89. The molecule has 2 aromatic rings. The highest BCUT2D eigenvalue weighted by molar-refractivity contribution is 5.91. The van der Waals surface area contributed by atoms with Crippen LogP contribution in [0.25, 0.3) is 11.1 Å². The van der Waals surface area contributed by atoms with Crippen LogP contribution in [0.2, 0.25) is 0 Å². The molecule has 0 aliphatic heterocycles. The van der Waals surface area contributed by atoms with Crippen LogP contribution in [-0.4, -0.2) is 24.5 Å². The van der Waals surface area contributed by atoms with E-state index in [1.165, 1.54) is 43.5 Å². The number of aromatic hydroxyl groups is 1. The molecule has 0 atom stereocenters. The molecule has 0 aliphatic carbocycles. The Kier molecular flexibility index (Phi) is 4.25. The summed E-state index contributed by atoms with van der Waals surface area (Å²) in [7, 11) is 1.20. The molecule has 0 bridgehead atoms. The van der Waals surface area contributed by atoms with Gasteiger partial charge in [0, 0.05) is 11.6 Å². The summed E-state index contributed by atoms with van der Waals surface area (Å²) in [6.07, 6.45) is -4.90. The average molecular weight is 312 g/mol. The number of halogens is 3. The van der Waals surface area contributed by atoms with Gasteiger partial charge in [0.25, 0.3) is 0 Å². The first-order valence-corrected chi connectivity index (χ1v) is 6.07. The van der Waals surface area contributed by atoms with Crippen molar-refractivity contribution in [3.05, 3.63) is 48.0 Å². The number of phenolic OH excluding ortho intramolecular Hbond substituents is 1. The van der Waals surface area contributed by atoms with Crippen molar-refractivity contribution in [1.29, 1.82) is 0 Å². The van der Waals surface area contributed by atoms with E-state index >= 15 is 0 Å². The number of hydrogen-bond acceptors (Lipinski definition) is 4. The second-order valence-corrected chi connectivity index (χ2v) is 4.30. The van der Waals surface area contributed by atoms with Crippen molar-refractivity contribution in [3.8, 4) is 22.6 Å². The molecule has 2 rings (SSSR count). The molecule has 0 saturated carbocycles. The molecule has 0 amide bonds. The lowest BCUT2D eigenvalue weighted by atomic mass is 10.0. The van der Waals surface area contributed by atoms with E-state index in [-0.39, 0.29) is 16.9 Å². The Labute approximate surface area is 123 Å². The van der Waals surface area contributed by atoms with Crippen molar-refractivity contribution >= 4 is 5.97 Å². The second kappa shape index (κ2) is 5.97. The van der Waals surface area contributed by atoms with Crippen molar-refractivity contribution in [1.82, 2.24) is 0 Å². The van der Waals surface area contributed by atoms with Gasteiger partial charge in [-0.25, -0.2) is 4.79 Å². The molecule has 0 heterocycles. The number of carbonyl (C=O) groups is 1. The lowest BCUT2D eigenvalue weighted by Crippen LogP contribution is -2.17. The van der Waals surface area contributed by atoms with Gasteiger partial charge >= 0.3 is 12.3 Å². The van der Waals surface area contributed by atoms with Gasteiger partial charge in [0.1, 0.15) is 11.5 Å². The molecule has 0 spiro atoms. The highest BCUT2D eigenvalue weighted by Crippen LogP contribution is 2.36. The largest absolute Gasteiger partial charge is 0.573 e. The summed E-state index contributed by atoms with van der Waals surface area (Å²) in [5, 5.41) is 9.34. The van der Waals surface area contributed by atoms with Crippen LogP contribution >= 0.6 is 0 Å². The molecule has 7 heteroatoms. The molecule has 22 heavy (non-hydrogen) atoms. The average Bonchev–Trinajstić information content (AvgIpc) is 2.45. The van der Waals surface area contributed by atoms with Gasteiger partial charge in [-0.3, -0.25) is 0 Å². The topological polar surface area (TPSA) is 55.8 Å². The molecule has 0 radical (unpaired) electrons. The quantitative estimate of drug-likeness (QED) is 0.877. The minimum absolute atomic E-state index is 0.0841. The van der Waals surface area contributed by atoms with Crippen LogP contribution in [0.15, 0.2) is 42.5 Å². The maximum absolute atomic E-state index is 12.5. The van der Waals surface area contributed by atoms with Gasteiger partial charge < -0.3 is 14.6 Å². The summed E-state index contributed by atoms with van der Waals surface area (Å²) in [6.45, 7) is 0. The molecular weight excluding hydrogens is 301 g/mol. The molecule has 4 nitrogen and oxygen atoms in total. The summed E-state index contributed by atoms with van der Waals surface area (Å²) >= 11 is 0. The van der Waals surface area contributed by atoms with Crippen molar-refractivity contribution in [2.24, 2.45) is 0 Å². The smallest absolute Gasteiger partial charge is 0.508 e. The number of phenols is 1. The van der Waals surface area contributed by atoms with Crippen LogP contribution in [0, 0.1) is 0 Å². The number of alkyl halides is 3. The van der Waals surface area contributed by atoms with E-state index in [1.54, 1.807) is 0 Å². The first-order chi connectivity index (χ1) is 10.3. The van der Waals surface area contributed by atoms with Crippen LogP contribution in [0.3, 0.4) is 0 Å². The number of hydrogen-bond donors (Lipinski definition) is 1. The highest BCUT2D eigenvalue weighted by Gasteiger charge is 2.32. The summed E-state index contributed by atoms with van der Waals surface area (Å²) in [5.74, 6) is -1.54. The van der Waals surface area contributed by atoms with Crippen molar-refractivity contribution < 1.29 is 32.5 Å². The van der Waals surface area contributed by atoms with E-state index in [1.807, 2.05) is 0 Å². The van der Waals surface area contributed by atoms with Gasteiger partial charge in [-0.05, 0) is 29.8 Å². The third kappa shape index (κ3) is 3.69. The van der Waals surface area contributed by atoms with Crippen molar-refractivity contribution in [2.45, 2.75) is 6.36 Å². The van der Waals surface area contributed by atoms with Crippen molar-refractivity contribution in [3.63, 3.8) is 0 Å². The predicted octanol–water partition coefficient (Wildman–Crippen LogP) is 3.74. The van der Waals surface area contributed by atoms with Crippen LogP contribution < -0.4 is 4.74 Å². The number of benzene rings is 2. The number of rotatable bonds is 3. The zero-order chi connectivity index (χ0) is 16.3. The van der Waals surface area contributed by atoms with Crippen LogP contribution in [0.4, 0.5) is 13.2 Å². The Morgan fingerprint density at radius 3 is 2.50 bits per heavy atom. The summed E-state index contributed by atoms with van der Waals surface area (Å²) < 4.78 is 45.8. The summed E-state index contributed by atoms with van der Waals surface area (Å²) in [5.41, 5.74) is 0.592. The predicted molar refractivity (Wildman–Crippen MR) is 71.6 cm³/mol. The fraction of sp³-hybridized carbons (Fsp3) is 0.133. The molecule has 0 saturated heterocycles. The Balaban J connectivity index is 2.50. The second-order valence-electron chi connectivity index (χ2n) is 4.30. The Hall–Kier alpha value is -2.70. The van der Waals surface area contributed by atoms with Gasteiger partial charge in [0.2, 0.25) is 0 Å². The zero-order valence-electron chi connectivity index (χ0n) is 11.3. The lowest BCUT2D eigenvalue weighted by molar-refractivity contribution is -0.274. The lowest BCUT2D eigenvalue weighted by Gasteiger charge is -2.14. The van der Waals surface area contributed by atoms with E-state index in [4.69, 9.17) is 0 Å². The van der Waals surface area contributed by atoms with Gasteiger partial charge in [0.05, 0.1) is 12.7 Å². The van der Waals surface area contributed by atoms with E-state index in [0.717, 1.165) is 6.07 Å². The van der Waals surface area contributed by atoms with Crippen LogP contribution in [0.5, 0.6) is 11.5 Å². The third-order valence-corrected chi connectivity index (χ3v) is 2.79. The molecule has 116 valence electrons. The number of carbonyl (C=O) groups excluding carboxylic acids is 1. The van der Waals surface area contributed by atoms with E-state index in [9.17, 15) is 23.1 Å². The molecule has 0 aliphatic rings. The molecule has 0 aromatic heterocycles. The molecular formula is C15H11F3O4. The minimum atomic E-state index is -4.90. The molecule has 0 unspecified atom stereocenters. The maximum Gasteiger partial charge on any atom is 0.573 e. The molecule has 0 fully saturated rings. The zero-order valence-corrected chi connectivity index (χ0v) is 11.3. The number of methoxy groups -OCH3 is 1. The van der Waals surface area contributed by atoms with E-state index < -0.39 is 18.1 Å². The number of esters is 1. The maximum atomic E-state index is 12.5. The normalized spacial score (nSPS) is 11.1. The van der Waals surface area contributed by atoms with E-state index in [0.29, 0.717) is 5.56 Å².